The Bertz CT molecular complexity index is 1390. The van der Waals surface area contributed by atoms with Crippen molar-refractivity contribution < 1.29 is 13.2 Å². The number of nitrogens with one attached hydrogen (secondary N) is 1. The number of piperidine rings is 1. The van der Waals surface area contributed by atoms with Gasteiger partial charge in [-0.3, -0.25) is 4.79 Å². The van der Waals surface area contributed by atoms with Gasteiger partial charge in [0.2, 0.25) is 10.0 Å². The van der Waals surface area contributed by atoms with Crippen LogP contribution in [0.1, 0.15) is 40.2 Å². The molecule has 2 aliphatic rings. The van der Waals surface area contributed by atoms with E-state index < -0.39 is 10.0 Å². The number of nitrogens with zero attached hydrogens (tertiary/aromatic N) is 2. The zero-order chi connectivity index (χ0) is 25.8. The van der Waals surface area contributed by atoms with E-state index in [1.165, 1.54) is 9.87 Å². The van der Waals surface area contributed by atoms with Crippen molar-refractivity contribution in [1.82, 2.24) is 14.5 Å². The van der Waals surface area contributed by atoms with Crippen molar-refractivity contribution >= 4 is 44.4 Å². The van der Waals surface area contributed by atoms with E-state index >= 15 is 0 Å². The van der Waals surface area contributed by atoms with Crippen LogP contribution in [0.25, 0.3) is 16.8 Å². The number of amides is 1. The average Bonchev–Trinajstić information content (AvgIpc) is 2.93. The van der Waals surface area contributed by atoms with Gasteiger partial charge in [0.05, 0.1) is 5.75 Å². The molecule has 1 N–H and O–H groups in total. The highest BCUT2D eigenvalue weighted by molar-refractivity contribution is 7.89. The van der Waals surface area contributed by atoms with Crippen LogP contribution in [0.5, 0.6) is 0 Å². The predicted molar refractivity (Wildman–Crippen MR) is 151 cm³/mol. The molecule has 3 aromatic rings. The number of carbonyl (C=O) groups is 1. The summed E-state index contributed by atoms with van der Waals surface area (Å²) >= 11 is 6.05. The highest BCUT2D eigenvalue weighted by Gasteiger charge is 2.28. The molecule has 0 spiro atoms. The van der Waals surface area contributed by atoms with Gasteiger partial charge in [0.1, 0.15) is 0 Å². The number of sulfonamides is 1. The van der Waals surface area contributed by atoms with Crippen molar-refractivity contribution in [3.05, 3.63) is 88.5 Å². The third kappa shape index (κ3) is 6.24. The Morgan fingerprint density at radius 3 is 2.32 bits per heavy atom. The van der Waals surface area contributed by atoms with E-state index in [0.29, 0.717) is 42.7 Å². The third-order valence-electron chi connectivity index (χ3n) is 7.33. The Kier molecular flexibility index (Phi) is 7.95. The van der Waals surface area contributed by atoms with Crippen LogP contribution in [0.3, 0.4) is 0 Å². The van der Waals surface area contributed by atoms with E-state index in [4.69, 9.17) is 11.6 Å². The molecule has 0 radical (unpaired) electrons. The standard InChI is InChI=1S/C29H32ClN3O3S/c30-28-10-9-26-20-22(3-4-27(26)21-28)2-1-19-37(35,36)33-17-15-32(16-18-33)29(34)25-7-5-23(6-8-25)24-11-13-31-14-12-24/h1-10,20-21,24,31H,11-19H2. The van der Waals surface area contributed by atoms with Gasteiger partial charge in [-0.2, -0.15) is 4.31 Å². The number of halogens is 1. The summed E-state index contributed by atoms with van der Waals surface area (Å²) in [6.07, 6.45) is 5.76. The van der Waals surface area contributed by atoms with Gasteiger partial charge in [-0.05, 0) is 84.1 Å². The number of fused-ring (bicyclic) bond motifs is 1. The summed E-state index contributed by atoms with van der Waals surface area (Å²) in [6, 6.07) is 19.6. The molecule has 3 aromatic carbocycles. The van der Waals surface area contributed by atoms with Crippen LogP contribution in [0, 0.1) is 0 Å². The quantitative estimate of drug-likeness (QED) is 0.492. The SMILES string of the molecule is O=C(c1ccc(C2CCNCC2)cc1)N1CCN(S(=O)(=O)CC=Cc2ccc3cc(Cl)ccc3c2)CC1. The first-order valence-electron chi connectivity index (χ1n) is 12.8. The van der Waals surface area contributed by atoms with Gasteiger partial charge in [-0.1, -0.05) is 54.1 Å². The molecule has 1 amide bonds. The normalized spacial score (nSPS) is 18.0. The van der Waals surface area contributed by atoms with Crippen LogP contribution in [0.4, 0.5) is 0 Å². The Labute approximate surface area is 224 Å². The van der Waals surface area contributed by atoms with Gasteiger partial charge in [0.25, 0.3) is 5.91 Å². The molecule has 0 bridgehead atoms. The van der Waals surface area contributed by atoms with Crippen molar-refractivity contribution in [2.24, 2.45) is 0 Å². The maximum atomic E-state index is 13.0. The number of benzene rings is 3. The second-order valence-electron chi connectivity index (χ2n) is 9.77. The second kappa shape index (κ2) is 11.4. The Balaban J connectivity index is 1.14. The molecule has 194 valence electrons. The number of rotatable bonds is 6. The monoisotopic (exact) mass is 537 g/mol. The van der Waals surface area contributed by atoms with Gasteiger partial charge >= 0.3 is 0 Å². The van der Waals surface area contributed by atoms with Crippen LogP contribution in [0.2, 0.25) is 5.02 Å². The van der Waals surface area contributed by atoms with Crippen LogP contribution < -0.4 is 5.32 Å². The predicted octanol–water partition coefficient (Wildman–Crippen LogP) is 4.76. The molecule has 0 aromatic heterocycles. The molecule has 2 aliphatic heterocycles. The maximum absolute atomic E-state index is 13.0. The van der Waals surface area contributed by atoms with Gasteiger partial charge in [-0.25, -0.2) is 8.42 Å². The molecular formula is C29H32ClN3O3S. The first kappa shape index (κ1) is 25.9. The number of piperazine rings is 1. The largest absolute Gasteiger partial charge is 0.336 e. The maximum Gasteiger partial charge on any atom is 0.253 e. The zero-order valence-corrected chi connectivity index (χ0v) is 22.3. The van der Waals surface area contributed by atoms with Crippen LogP contribution in [-0.2, 0) is 10.0 Å². The smallest absolute Gasteiger partial charge is 0.253 e. The molecule has 0 saturated carbocycles. The number of hydrogen-bond acceptors (Lipinski definition) is 4. The van der Waals surface area contributed by atoms with Crippen molar-refractivity contribution in [3.8, 4) is 0 Å². The van der Waals surface area contributed by atoms with E-state index in [1.807, 2.05) is 54.6 Å². The fraction of sp³-hybridized carbons (Fsp3) is 0.345. The first-order valence-corrected chi connectivity index (χ1v) is 14.8. The number of hydrogen-bond donors (Lipinski definition) is 1. The van der Waals surface area contributed by atoms with Gasteiger partial charge in [-0.15, -0.1) is 0 Å². The molecule has 0 unspecified atom stereocenters. The molecular weight excluding hydrogens is 506 g/mol. The Hall–Kier alpha value is -2.71. The van der Waals surface area contributed by atoms with Crippen molar-refractivity contribution in [2.75, 3.05) is 45.0 Å². The summed E-state index contributed by atoms with van der Waals surface area (Å²) in [5, 5.41) is 6.17. The lowest BCUT2D eigenvalue weighted by atomic mass is 9.90. The first-order chi connectivity index (χ1) is 17.9. The van der Waals surface area contributed by atoms with Crippen molar-refractivity contribution in [3.63, 3.8) is 0 Å². The van der Waals surface area contributed by atoms with Crippen LogP contribution in [-0.4, -0.2) is 68.6 Å². The lowest BCUT2D eigenvalue weighted by molar-refractivity contribution is 0.0698. The van der Waals surface area contributed by atoms with Gasteiger partial charge in [0, 0.05) is 36.8 Å². The molecule has 6 nitrogen and oxygen atoms in total. The fourth-order valence-corrected chi connectivity index (χ4v) is 6.61. The highest BCUT2D eigenvalue weighted by atomic mass is 35.5. The molecule has 0 atom stereocenters. The van der Waals surface area contributed by atoms with E-state index in [1.54, 1.807) is 11.0 Å². The lowest BCUT2D eigenvalue weighted by Gasteiger charge is -2.34. The van der Waals surface area contributed by atoms with Crippen molar-refractivity contribution in [1.29, 1.82) is 0 Å². The summed E-state index contributed by atoms with van der Waals surface area (Å²) < 4.78 is 27.3. The summed E-state index contributed by atoms with van der Waals surface area (Å²) in [5.41, 5.74) is 2.89. The molecule has 2 saturated heterocycles. The summed E-state index contributed by atoms with van der Waals surface area (Å²) in [6.45, 7) is 3.48. The minimum atomic E-state index is -3.45. The highest BCUT2D eigenvalue weighted by Crippen LogP contribution is 2.26. The zero-order valence-electron chi connectivity index (χ0n) is 20.8. The van der Waals surface area contributed by atoms with Crippen molar-refractivity contribution in [2.45, 2.75) is 18.8 Å². The summed E-state index contributed by atoms with van der Waals surface area (Å²) in [7, 11) is -3.45. The second-order valence-corrected chi connectivity index (χ2v) is 12.2. The van der Waals surface area contributed by atoms with E-state index in [0.717, 1.165) is 42.3 Å². The molecule has 2 fully saturated rings. The summed E-state index contributed by atoms with van der Waals surface area (Å²) in [5.74, 6) is 0.442. The minimum Gasteiger partial charge on any atom is -0.336 e. The molecule has 2 heterocycles. The average molecular weight is 538 g/mol. The Morgan fingerprint density at radius 1 is 0.919 bits per heavy atom. The van der Waals surface area contributed by atoms with E-state index in [9.17, 15) is 13.2 Å². The van der Waals surface area contributed by atoms with E-state index in [-0.39, 0.29) is 11.7 Å². The number of carbonyl (C=O) groups excluding carboxylic acids is 1. The molecule has 0 aliphatic carbocycles. The van der Waals surface area contributed by atoms with Gasteiger partial charge in [0.15, 0.2) is 0 Å². The molecule has 8 heteroatoms. The molecule has 37 heavy (non-hydrogen) atoms. The van der Waals surface area contributed by atoms with Crippen LogP contribution >= 0.6 is 11.6 Å². The van der Waals surface area contributed by atoms with E-state index in [2.05, 4.69) is 17.4 Å². The fourth-order valence-electron chi connectivity index (χ4n) is 5.15. The third-order valence-corrected chi connectivity index (χ3v) is 9.33. The molecule has 5 rings (SSSR count). The van der Waals surface area contributed by atoms with Crippen LogP contribution in [0.15, 0.2) is 66.7 Å². The lowest BCUT2D eigenvalue weighted by Crippen LogP contribution is -2.50. The Morgan fingerprint density at radius 2 is 1.59 bits per heavy atom. The summed E-state index contributed by atoms with van der Waals surface area (Å²) in [4.78, 5) is 14.8. The topological polar surface area (TPSA) is 69.7 Å². The minimum absolute atomic E-state index is 0.0357. The van der Waals surface area contributed by atoms with Gasteiger partial charge < -0.3 is 10.2 Å².